The number of carbonyl (C=O) groups is 1. The van der Waals surface area contributed by atoms with Gasteiger partial charge in [0, 0.05) is 34.1 Å². The number of halogens is 3. The van der Waals surface area contributed by atoms with Crippen LogP contribution in [0.5, 0.6) is 0 Å². The van der Waals surface area contributed by atoms with Crippen LogP contribution in [0.25, 0.3) is 33.1 Å². The first kappa shape index (κ1) is 16.8. The Labute approximate surface area is 157 Å². The third kappa shape index (κ3) is 2.62. The zero-order valence-corrected chi connectivity index (χ0v) is 14.5. The average Bonchev–Trinajstić information content (AvgIpc) is 3.41. The summed E-state index contributed by atoms with van der Waals surface area (Å²) in [6.07, 6.45) is 3.45. The summed E-state index contributed by atoms with van der Waals surface area (Å²) in [6.45, 7) is 0. The Hall–Kier alpha value is -3.35. The first-order valence-corrected chi connectivity index (χ1v) is 8.88. The van der Waals surface area contributed by atoms with Gasteiger partial charge in [0.2, 0.25) is 0 Å². The third-order valence-electron chi connectivity index (χ3n) is 4.98. The predicted octanol–water partition coefficient (Wildman–Crippen LogP) is 4.69. The van der Waals surface area contributed by atoms with Crippen LogP contribution in [0.3, 0.4) is 0 Å². The molecule has 0 radical (unpaired) electrons. The van der Waals surface area contributed by atoms with Crippen LogP contribution >= 0.6 is 0 Å². The van der Waals surface area contributed by atoms with Gasteiger partial charge in [-0.15, -0.1) is 0 Å². The lowest BCUT2D eigenvalue weighted by molar-refractivity contribution is 0.0952. The smallest absolute Gasteiger partial charge is 0.252 e. The second-order valence-electron chi connectivity index (χ2n) is 6.93. The van der Waals surface area contributed by atoms with Gasteiger partial charge in [0.25, 0.3) is 5.91 Å². The molecule has 2 aromatic heterocycles. The number of hydrogen-bond acceptors (Lipinski definition) is 2. The Morgan fingerprint density at radius 3 is 2.68 bits per heavy atom. The minimum Gasteiger partial charge on any atom is -0.358 e. The molecule has 7 heteroatoms. The maximum atomic E-state index is 14.0. The molecular formula is C21H14F3N3O. The summed E-state index contributed by atoms with van der Waals surface area (Å²) in [7, 11) is 0. The molecule has 140 valence electrons. The van der Waals surface area contributed by atoms with Crippen molar-refractivity contribution in [3.8, 4) is 11.3 Å². The number of aromatic amines is 1. The minimum atomic E-state index is -1.52. The zero-order chi connectivity index (χ0) is 19.4. The second kappa shape index (κ2) is 6.09. The average molecular weight is 381 g/mol. The van der Waals surface area contributed by atoms with E-state index in [0.29, 0.717) is 27.7 Å². The number of carbonyl (C=O) groups excluding carboxylic acids is 1. The molecule has 2 N–H and O–H groups in total. The van der Waals surface area contributed by atoms with Gasteiger partial charge in [-0.1, -0.05) is 6.07 Å². The van der Waals surface area contributed by atoms with Crippen molar-refractivity contribution in [1.29, 1.82) is 0 Å². The van der Waals surface area contributed by atoms with Gasteiger partial charge in [-0.25, -0.2) is 18.2 Å². The van der Waals surface area contributed by atoms with E-state index < -0.39 is 17.5 Å². The molecule has 1 saturated carbocycles. The van der Waals surface area contributed by atoms with E-state index in [9.17, 15) is 18.0 Å². The maximum absolute atomic E-state index is 14.0. The van der Waals surface area contributed by atoms with Gasteiger partial charge in [-0.05, 0) is 43.2 Å². The Morgan fingerprint density at radius 1 is 1.07 bits per heavy atom. The number of pyridine rings is 1. The number of aromatic nitrogens is 2. The van der Waals surface area contributed by atoms with Gasteiger partial charge in [0.1, 0.15) is 0 Å². The SMILES string of the molecule is O=C(NC1CC1)c1cccc2nc(-c3c[nH]c4c(F)c(F)c(F)cc34)ccc12. The zero-order valence-electron chi connectivity index (χ0n) is 14.5. The lowest BCUT2D eigenvalue weighted by Gasteiger charge is -2.08. The van der Waals surface area contributed by atoms with E-state index in [-0.39, 0.29) is 22.9 Å². The van der Waals surface area contributed by atoms with Crippen LogP contribution in [0.4, 0.5) is 13.2 Å². The predicted molar refractivity (Wildman–Crippen MR) is 99.4 cm³/mol. The Balaban J connectivity index is 1.63. The van der Waals surface area contributed by atoms with Crippen molar-refractivity contribution >= 4 is 27.7 Å². The second-order valence-corrected chi connectivity index (χ2v) is 6.93. The molecule has 4 aromatic rings. The molecular weight excluding hydrogens is 367 g/mol. The molecule has 1 amide bonds. The number of hydrogen-bond donors (Lipinski definition) is 2. The molecule has 1 aliphatic carbocycles. The van der Waals surface area contributed by atoms with E-state index in [2.05, 4.69) is 15.3 Å². The van der Waals surface area contributed by atoms with E-state index in [4.69, 9.17) is 0 Å². The Morgan fingerprint density at radius 2 is 1.89 bits per heavy atom. The van der Waals surface area contributed by atoms with Gasteiger partial charge in [0.15, 0.2) is 17.5 Å². The molecule has 0 unspecified atom stereocenters. The van der Waals surface area contributed by atoms with Crippen LogP contribution in [0, 0.1) is 17.5 Å². The first-order valence-electron chi connectivity index (χ1n) is 8.88. The van der Waals surface area contributed by atoms with E-state index in [0.717, 1.165) is 18.9 Å². The molecule has 1 aliphatic rings. The molecule has 1 fully saturated rings. The lowest BCUT2D eigenvalue weighted by atomic mass is 10.0. The van der Waals surface area contributed by atoms with Crippen molar-refractivity contribution < 1.29 is 18.0 Å². The van der Waals surface area contributed by atoms with Gasteiger partial charge in [0.05, 0.1) is 16.7 Å². The molecule has 2 aromatic carbocycles. The maximum Gasteiger partial charge on any atom is 0.252 e. The van der Waals surface area contributed by atoms with Gasteiger partial charge in [-0.3, -0.25) is 4.79 Å². The molecule has 5 rings (SSSR count). The van der Waals surface area contributed by atoms with Crippen LogP contribution in [-0.2, 0) is 0 Å². The van der Waals surface area contributed by atoms with Crippen molar-refractivity contribution in [2.45, 2.75) is 18.9 Å². The quantitative estimate of drug-likeness (QED) is 0.506. The summed E-state index contributed by atoms with van der Waals surface area (Å²) in [5.74, 6) is -4.18. The molecule has 28 heavy (non-hydrogen) atoms. The van der Waals surface area contributed by atoms with Crippen LogP contribution in [-0.4, -0.2) is 21.9 Å². The first-order chi connectivity index (χ1) is 13.5. The van der Waals surface area contributed by atoms with Crippen molar-refractivity contribution in [2.24, 2.45) is 0 Å². The number of H-pyrrole nitrogens is 1. The third-order valence-corrected chi connectivity index (χ3v) is 4.98. The van der Waals surface area contributed by atoms with E-state index >= 15 is 0 Å². The van der Waals surface area contributed by atoms with Gasteiger partial charge < -0.3 is 10.3 Å². The van der Waals surface area contributed by atoms with Crippen molar-refractivity contribution in [2.75, 3.05) is 0 Å². The highest BCUT2D eigenvalue weighted by Crippen LogP contribution is 2.32. The standard InChI is InChI=1S/C21H14F3N3O/c22-15-8-13-14(9-25-20(13)19(24)18(15)23)17-7-6-11-12(2-1-3-16(11)27-17)21(28)26-10-4-5-10/h1-3,6-10,25H,4-5H2,(H,26,28). The minimum absolute atomic E-state index is 0.117. The fourth-order valence-corrected chi connectivity index (χ4v) is 3.38. The van der Waals surface area contributed by atoms with E-state index in [1.165, 1.54) is 6.20 Å². The molecule has 0 aliphatic heterocycles. The number of nitrogens with one attached hydrogen (secondary N) is 2. The molecule has 4 nitrogen and oxygen atoms in total. The Bertz CT molecular complexity index is 1260. The van der Waals surface area contributed by atoms with Crippen LogP contribution in [0.15, 0.2) is 42.6 Å². The van der Waals surface area contributed by atoms with Crippen molar-refractivity contribution in [1.82, 2.24) is 15.3 Å². The summed E-state index contributed by atoms with van der Waals surface area (Å²) in [5, 5.41) is 3.84. The molecule has 0 bridgehead atoms. The summed E-state index contributed by atoms with van der Waals surface area (Å²) >= 11 is 0. The highest BCUT2D eigenvalue weighted by atomic mass is 19.2. The lowest BCUT2D eigenvalue weighted by Crippen LogP contribution is -2.25. The fourth-order valence-electron chi connectivity index (χ4n) is 3.38. The highest BCUT2D eigenvalue weighted by Gasteiger charge is 2.24. The fraction of sp³-hybridized carbons (Fsp3) is 0.143. The van der Waals surface area contributed by atoms with Crippen LogP contribution in [0.1, 0.15) is 23.2 Å². The topological polar surface area (TPSA) is 57.8 Å². The molecule has 0 atom stereocenters. The summed E-state index contributed by atoms with van der Waals surface area (Å²) in [6, 6.07) is 9.87. The number of fused-ring (bicyclic) bond motifs is 2. The van der Waals surface area contributed by atoms with Gasteiger partial charge in [-0.2, -0.15) is 0 Å². The van der Waals surface area contributed by atoms with E-state index in [1.54, 1.807) is 30.3 Å². The Kier molecular flexibility index (Phi) is 3.65. The van der Waals surface area contributed by atoms with Gasteiger partial charge >= 0.3 is 0 Å². The number of nitrogens with zero attached hydrogens (tertiary/aromatic N) is 1. The largest absolute Gasteiger partial charge is 0.358 e. The van der Waals surface area contributed by atoms with Crippen LogP contribution in [0.2, 0.25) is 0 Å². The normalized spacial score (nSPS) is 14.0. The van der Waals surface area contributed by atoms with Crippen LogP contribution < -0.4 is 5.32 Å². The number of rotatable bonds is 3. The summed E-state index contributed by atoms with van der Waals surface area (Å²) < 4.78 is 41.1. The van der Waals surface area contributed by atoms with E-state index in [1.807, 2.05) is 0 Å². The molecule has 2 heterocycles. The highest BCUT2D eigenvalue weighted by molar-refractivity contribution is 6.07. The number of amides is 1. The number of benzene rings is 2. The molecule has 0 saturated heterocycles. The monoisotopic (exact) mass is 381 g/mol. The van der Waals surface area contributed by atoms with Crippen molar-refractivity contribution in [3.63, 3.8) is 0 Å². The summed E-state index contributed by atoms with van der Waals surface area (Å²) in [4.78, 5) is 19.6. The summed E-state index contributed by atoms with van der Waals surface area (Å²) in [5.41, 5.74) is 1.90. The molecule has 0 spiro atoms. The van der Waals surface area contributed by atoms with Crippen molar-refractivity contribution in [3.05, 3.63) is 65.6 Å².